The molecule has 1 aliphatic carbocycles. The minimum absolute atomic E-state index is 0.0160. The van der Waals surface area contributed by atoms with Crippen molar-refractivity contribution in [2.45, 2.75) is 75.9 Å². The van der Waals surface area contributed by atoms with Crippen molar-refractivity contribution in [1.82, 2.24) is 10.6 Å². The van der Waals surface area contributed by atoms with Crippen LogP contribution in [0.1, 0.15) is 75.0 Å². The molecule has 0 aliphatic heterocycles. The Morgan fingerprint density at radius 3 is 2.24 bits per heavy atom. The van der Waals surface area contributed by atoms with Gasteiger partial charge in [-0.3, -0.25) is 14.4 Å². The van der Waals surface area contributed by atoms with Gasteiger partial charge in [0.25, 0.3) is 0 Å². The predicted molar refractivity (Wildman–Crippen MR) is 165 cm³/mol. The van der Waals surface area contributed by atoms with Crippen LogP contribution in [0.25, 0.3) is 0 Å². The summed E-state index contributed by atoms with van der Waals surface area (Å²) < 4.78 is 6.08. The van der Waals surface area contributed by atoms with Gasteiger partial charge in [0.1, 0.15) is 6.10 Å². The lowest BCUT2D eigenvalue weighted by atomic mass is 9.94. The highest BCUT2D eigenvalue weighted by Gasteiger charge is 2.35. The minimum atomic E-state index is -0.685. The molecule has 1 aliphatic rings. The zero-order valence-corrected chi connectivity index (χ0v) is 24.6. The maximum Gasteiger partial charge on any atom is 0.309 e. The van der Waals surface area contributed by atoms with Gasteiger partial charge in [0.15, 0.2) is 0 Å². The van der Waals surface area contributed by atoms with Crippen molar-refractivity contribution in [2.75, 3.05) is 13.2 Å². The van der Waals surface area contributed by atoms with Gasteiger partial charge >= 0.3 is 5.97 Å². The highest BCUT2D eigenvalue weighted by molar-refractivity contribution is 5.86. The van der Waals surface area contributed by atoms with E-state index in [-0.39, 0.29) is 43.3 Å². The van der Waals surface area contributed by atoms with E-state index in [1.807, 2.05) is 66.7 Å². The van der Waals surface area contributed by atoms with Gasteiger partial charge < -0.3 is 20.5 Å². The Balaban J connectivity index is 1.68. The van der Waals surface area contributed by atoms with Gasteiger partial charge in [-0.05, 0) is 56.1 Å². The number of hydrogen-bond donors (Lipinski definition) is 3. The maximum absolute atomic E-state index is 13.5. The summed E-state index contributed by atoms with van der Waals surface area (Å²) in [6.07, 6.45) is 9.35. The fourth-order valence-corrected chi connectivity index (χ4v) is 5.61. The van der Waals surface area contributed by atoms with Gasteiger partial charge in [0, 0.05) is 6.42 Å². The molecule has 2 aromatic carbocycles. The third kappa shape index (κ3) is 10.3. The number of nitrogens with one attached hydrogen (secondary N) is 2. The number of aliphatic hydroxyl groups excluding tert-OH is 1. The molecule has 0 radical (unpaired) electrons. The molecule has 1 fully saturated rings. The minimum Gasteiger partial charge on any atom is -0.455 e. The van der Waals surface area contributed by atoms with Crippen LogP contribution in [-0.4, -0.2) is 41.6 Å². The molecule has 0 heterocycles. The van der Waals surface area contributed by atoms with Gasteiger partial charge in [0.2, 0.25) is 11.8 Å². The Kier molecular flexibility index (Phi) is 13.5. The first kappa shape index (κ1) is 32.8. The van der Waals surface area contributed by atoms with Crippen molar-refractivity contribution in [3.05, 3.63) is 97.1 Å². The molecule has 226 valence electrons. The SMILES string of the molecule is C=CCCCC(Cc1ccccc1)C(=O)OC(CNC(=O)C(CC=C)CC(=O)NC1(CO)CCCC1)c1ccccc1. The Morgan fingerprint density at radius 1 is 0.952 bits per heavy atom. The predicted octanol–water partition coefficient (Wildman–Crippen LogP) is 5.61. The van der Waals surface area contributed by atoms with Crippen LogP contribution in [0.4, 0.5) is 0 Å². The molecule has 0 spiro atoms. The Hall–Kier alpha value is -3.71. The van der Waals surface area contributed by atoms with E-state index in [4.69, 9.17) is 4.74 Å². The van der Waals surface area contributed by atoms with Crippen molar-refractivity contribution in [1.29, 1.82) is 0 Å². The van der Waals surface area contributed by atoms with Crippen LogP contribution in [0.15, 0.2) is 86.0 Å². The lowest BCUT2D eigenvalue weighted by Crippen LogP contribution is -2.50. The number of aliphatic hydroxyl groups is 1. The molecule has 0 saturated heterocycles. The zero-order chi connectivity index (χ0) is 30.2. The Bertz CT molecular complexity index is 1140. The average Bonchev–Trinajstić information content (AvgIpc) is 3.48. The number of ether oxygens (including phenoxy) is 1. The molecule has 0 bridgehead atoms. The van der Waals surface area contributed by atoms with Crippen molar-refractivity contribution >= 4 is 17.8 Å². The van der Waals surface area contributed by atoms with Crippen LogP contribution >= 0.6 is 0 Å². The third-order valence-corrected chi connectivity index (χ3v) is 8.03. The monoisotopic (exact) mass is 574 g/mol. The third-order valence-electron chi connectivity index (χ3n) is 8.03. The number of allylic oxidation sites excluding steroid dienone is 2. The van der Waals surface area contributed by atoms with E-state index in [9.17, 15) is 19.5 Å². The van der Waals surface area contributed by atoms with Gasteiger partial charge in [0.05, 0.1) is 30.5 Å². The molecule has 1 saturated carbocycles. The van der Waals surface area contributed by atoms with Crippen LogP contribution in [0.3, 0.4) is 0 Å². The lowest BCUT2D eigenvalue weighted by Gasteiger charge is -2.29. The van der Waals surface area contributed by atoms with Crippen LogP contribution in [0.5, 0.6) is 0 Å². The van der Waals surface area contributed by atoms with Gasteiger partial charge in [-0.25, -0.2) is 0 Å². The topological polar surface area (TPSA) is 105 Å². The van der Waals surface area contributed by atoms with Crippen molar-refractivity contribution in [3.63, 3.8) is 0 Å². The number of esters is 1. The van der Waals surface area contributed by atoms with E-state index in [1.165, 1.54) is 0 Å². The Morgan fingerprint density at radius 2 is 1.62 bits per heavy atom. The van der Waals surface area contributed by atoms with Crippen LogP contribution in [0, 0.1) is 11.8 Å². The molecule has 3 rings (SSSR count). The summed E-state index contributed by atoms with van der Waals surface area (Å²) in [6.45, 7) is 7.52. The quantitative estimate of drug-likeness (QED) is 0.122. The molecule has 42 heavy (non-hydrogen) atoms. The molecule has 0 aromatic heterocycles. The first-order valence-corrected chi connectivity index (χ1v) is 15.1. The van der Waals surface area contributed by atoms with E-state index >= 15 is 0 Å². The van der Waals surface area contributed by atoms with E-state index in [0.29, 0.717) is 19.3 Å². The largest absolute Gasteiger partial charge is 0.455 e. The molecule has 3 atom stereocenters. The molecule has 2 amide bonds. The molecule has 3 unspecified atom stereocenters. The summed E-state index contributed by atoms with van der Waals surface area (Å²) in [5.41, 5.74) is 1.24. The van der Waals surface area contributed by atoms with E-state index in [0.717, 1.165) is 49.7 Å². The first-order valence-electron chi connectivity index (χ1n) is 15.1. The standard InChI is InChI=1S/C35H46N2O5/c1-3-5-8-20-30(23-27-16-9-6-10-17-27)34(41)42-31(28-18-11-7-12-19-28)25-36-33(40)29(15-4-2)24-32(39)37-35(26-38)21-13-14-22-35/h3-4,6-7,9-12,16-19,29-31,38H,1-2,5,8,13-15,20-26H2,(H,36,40)(H,37,39). The van der Waals surface area contributed by atoms with E-state index < -0.39 is 17.6 Å². The van der Waals surface area contributed by atoms with E-state index in [1.54, 1.807) is 6.08 Å². The molecule has 3 N–H and O–H groups in total. The summed E-state index contributed by atoms with van der Waals surface area (Å²) in [6, 6.07) is 19.3. The summed E-state index contributed by atoms with van der Waals surface area (Å²) >= 11 is 0. The summed E-state index contributed by atoms with van der Waals surface area (Å²) in [7, 11) is 0. The zero-order valence-electron chi connectivity index (χ0n) is 24.6. The number of amides is 2. The maximum atomic E-state index is 13.5. The smallest absolute Gasteiger partial charge is 0.309 e. The average molecular weight is 575 g/mol. The van der Waals surface area contributed by atoms with Crippen LogP contribution in [0.2, 0.25) is 0 Å². The second kappa shape index (κ2) is 17.3. The van der Waals surface area contributed by atoms with Crippen LogP contribution in [-0.2, 0) is 25.5 Å². The normalized spacial score (nSPS) is 16.0. The molecular formula is C35H46N2O5. The van der Waals surface area contributed by atoms with Crippen LogP contribution < -0.4 is 10.6 Å². The van der Waals surface area contributed by atoms with Gasteiger partial charge in [-0.1, -0.05) is 85.7 Å². The van der Waals surface area contributed by atoms with Crippen molar-refractivity contribution in [3.8, 4) is 0 Å². The molecule has 7 nitrogen and oxygen atoms in total. The van der Waals surface area contributed by atoms with E-state index in [2.05, 4.69) is 23.8 Å². The molecular weight excluding hydrogens is 528 g/mol. The number of carbonyl (C=O) groups is 3. The number of unbranched alkanes of at least 4 members (excludes halogenated alkanes) is 1. The summed E-state index contributed by atoms with van der Waals surface area (Å²) in [4.78, 5) is 39.7. The van der Waals surface area contributed by atoms with Gasteiger partial charge in [-0.15, -0.1) is 13.2 Å². The fraction of sp³-hybridized carbons (Fsp3) is 0.457. The van der Waals surface area contributed by atoms with Gasteiger partial charge in [-0.2, -0.15) is 0 Å². The van der Waals surface area contributed by atoms with Crippen molar-refractivity contribution in [2.24, 2.45) is 11.8 Å². The second-order valence-corrected chi connectivity index (χ2v) is 11.3. The number of carbonyl (C=O) groups excluding carboxylic acids is 3. The highest BCUT2D eigenvalue weighted by atomic mass is 16.5. The molecule has 7 heteroatoms. The van der Waals surface area contributed by atoms with Crippen molar-refractivity contribution < 1.29 is 24.2 Å². The fourth-order valence-electron chi connectivity index (χ4n) is 5.61. The number of hydrogen-bond acceptors (Lipinski definition) is 5. The lowest BCUT2D eigenvalue weighted by molar-refractivity contribution is -0.155. The first-order chi connectivity index (χ1) is 20.4. The second-order valence-electron chi connectivity index (χ2n) is 11.3. The number of benzene rings is 2. The Labute approximate surface area is 250 Å². The molecule has 2 aromatic rings. The highest BCUT2D eigenvalue weighted by Crippen LogP contribution is 2.29. The summed E-state index contributed by atoms with van der Waals surface area (Å²) in [5.74, 6) is -1.84. The summed E-state index contributed by atoms with van der Waals surface area (Å²) in [5, 5.41) is 15.8. The number of rotatable bonds is 18.